The summed E-state index contributed by atoms with van der Waals surface area (Å²) in [4.78, 5) is 4.13. The molecule has 2 aromatic rings. The molecule has 0 atom stereocenters. The van der Waals surface area contributed by atoms with Crippen LogP contribution in [0.2, 0.25) is 0 Å². The van der Waals surface area contributed by atoms with Crippen LogP contribution in [0.3, 0.4) is 0 Å². The zero-order valence-corrected chi connectivity index (χ0v) is 10.4. The third-order valence-corrected chi connectivity index (χ3v) is 2.12. The Bertz CT molecular complexity index is 463. The van der Waals surface area contributed by atoms with E-state index in [2.05, 4.69) is 10.3 Å². The Kier molecular flexibility index (Phi) is 5.93. The molecular formula is C11H14Cl2N2O. The molecule has 2 rings (SSSR count). The fourth-order valence-corrected chi connectivity index (χ4v) is 1.50. The highest BCUT2D eigenvalue weighted by Crippen LogP contribution is 2.28. The van der Waals surface area contributed by atoms with Gasteiger partial charge in [0, 0.05) is 23.8 Å². The molecule has 0 saturated heterocycles. The van der Waals surface area contributed by atoms with Crippen LogP contribution >= 0.6 is 24.8 Å². The number of rotatable bonds is 2. The summed E-state index contributed by atoms with van der Waals surface area (Å²) in [5.41, 5.74) is 1.65. The van der Waals surface area contributed by atoms with Gasteiger partial charge < -0.3 is 10.4 Å². The highest BCUT2D eigenvalue weighted by atomic mass is 35.5. The van der Waals surface area contributed by atoms with Crippen LogP contribution in [0.25, 0.3) is 10.9 Å². The summed E-state index contributed by atoms with van der Waals surface area (Å²) < 4.78 is 0. The zero-order valence-electron chi connectivity index (χ0n) is 8.80. The number of hydrogen-bond acceptors (Lipinski definition) is 3. The van der Waals surface area contributed by atoms with Crippen molar-refractivity contribution in [1.29, 1.82) is 0 Å². The van der Waals surface area contributed by atoms with Crippen LogP contribution in [0.15, 0.2) is 30.5 Å². The average molecular weight is 261 g/mol. The number of aromatic hydroxyl groups is 1. The summed E-state index contributed by atoms with van der Waals surface area (Å²) in [5.74, 6) is 0.224. The van der Waals surface area contributed by atoms with Crippen molar-refractivity contribution >= 4 is 41.4 Å². The van der Waals surface area contributed by atoms with Crippen molar-refractivity contribution in [1.82, 2.24) is 4.98 Å². The molecule has 0 saturated carbocycles. The van der Waals surface area contributed by atoms with Gasteiger partial charge >= 0.3 is 0 Å². The van der Waals surface area contributed by atoms with E-state index in [9.17, 15) is 5.11 Å². The lowest BCUT2D eigenvalue weighted by Crippen LogP contribution is -1.97. The number of hydrogen-bond donors (Lipinski definition) is 2. The number of benzene rings is 1. The first-order valence-electron chi connectivity index (χ1n) is 4.63. The third kappa shape index (κ3) is 2.68. The number of pyridine rings is 1. The summed E-state index contributed by atoms with van der Waals surface area (Å²) in [6.07, 6.45) is 1.68. The number of phenols is 1. The van der Waals surface area contributed by atoms with Crippen LogP contribution in [0.4, 0.5) is 5.69 Å². The molecule has 88 valence electrons. The molecule has 0 fully saturated rings. The quantitative estimate of drug-likeness (QED) is 0.816. The Morgan fingerprint density at radius 3 is 2.69 bits per heavy atom. The second kappa shape index (κ2) is 6.40. The molecular weight excluding hydrogens is 247 g/mol. The Balaban J connectivity index is 0.00000112. The lowest BCUT2D eigenvalue weighted by atomic mass is 10.1. The second-order valence-electron chi connectivity index (χ2n) is 3.06. The first-order chi connectivity index (χ1) is 6.83. The van der Waals surface area contributed by atoms with Gasteiger partial charge in [-0.05, 0) is 31.2 Å². The number of aromatic nitrogens is 1. The molecule has 3 nitrogen and oxygen atoms in total. The second-order valence-corrected chi connectivity index (χ2v) is 3.06. The Labute approximate surface area is 107 Å². The molecule has 1 aromatic heterocycles. The van der Waals surface area contributed by atoms with Gasteiger partial charge in [0.05, 0.1) is 0 Å². The Morgan fingerprint density at radius 2 is 2.00 bits per heavy atom. The minimum atomic E-state index is 0. The minimum Gasteiger partial charge on any atom is -0.506 e. The molecule has 0 bridgehead atoms. The standard InChI is InChI=1S/C11H12N2O.2ClH/c1-2-12-9-5-6-10(14)11-8(9)4-3-7-13-11;;/h3-7,12,14H,2H2,1H3;2*1H. The van der Waals surface area contributed by atoms with Crippen LogP contribution in [0, 0.1) is 0 Å². The molecule has 16 heavy (non-hydrogen) atoms. The highest BCUT2D eigenvalue weighted by Gasteiger charge is 2.04. The summed E-state index contributed by atoms with van der Waals surface area (Å²) in [6, 6.07) is 7.33. The molecule has 5 heteroatoms. The van der Waals surface area contributed by atoms with Crippen LogP contribution in [-0.2, 0) is 0 Å². The number of nitrogens with one attached hydrogen (secondary N) is 1. The molecule has 1 aromatic carbocycles. The first-order valence-corrected chi connectivity index (χ1v) is 4.63. The van der Waals surface area contributed by atoms with Crippen molar-refractivity contribution in [3.05, 3.63) is 30.5 Å². The zero-order chi connectivity index (χ0) is 9.97. The van der Waals surface area contributed by atoms with Crippen molar-refractivity contribution in [3.8, 4) is 5.75 Å². The van der Waals surface area contributed by atoms with E-state index in [0.29, 0.717) is 5.52 Å². The minimum absolute atomic E-state index is 0. The fraction of sp³-hybridized carbons (Fsp3) is 0.182. The van der Waals surface area contributed by atoms with Gasteiger partial charge in [-0.2, -0.15) is 0 Å². The van der Waals surface area contributed by atoms with E-state index in [1.54, 1.807) is 12.3 Å². The predicted molar refractivity (Wildman–Crippen MR) is 72.1 cm³/mol. The molecule has 0 aliphatic heterocycles. The van der Waals surface area contributed by atoms with Crippen molar-refractivity contribution in [2.24, 2.45) is 0 Å². The van der Waals surface area contributed by atoms with Crippen molar-refractivity contribution in [2.45, 2.75) is 6.92 Å². The Hall–Kier alpha value is -1.19. The normalized spacial score (nSPS) is 9.06. The average Bonchev–Trinajstić information content (AvgIpc) is 2.23. The predicted octanol–water partition coefficient (Wildman–Crippen LogP) is 3.22. The number of anilines is 1. The van der Waals surface area contributed by atoms with E-state index in [-0.39, 0.29) is 30.6 Å². The van der Waals surface area contributed by atoms with Crippen molar-refractivity contribution in [2.75, 3.05) is 11.9 Å². The summed E-state index contributed by atoms with van der Waals surface area (Å²) in [5, 5.41) is 13.8. The SMILES string of the molecule is CCNc1ccc(O)c2ncccc12.Cl.Cl. The number of phenolic OH excluding ortho intramolecular Hbond substituents is 1. The van der Waals surface area contributed by atoms with Gasteiger partial charge in [0.2, 0.25) is 0 Å². The molecule has 2 N–H and O–H groups in total. The third-order valence-electron chi connectivity index (χ3n) is 2.12. The lowest BCUT2D eigenvalue weighted by molar-refractivity contribution is 0.480. The maximum atomic E-state index is 9.57. The van der Waals surface area contributed by atoms with Gasteiger partial charge in [-0.1, -0.05) is 0 Å². The summed E-state index contributed by atoms with van der Waals surface area (Å²) in [6.45, 7) is 2.89. The molecule has 0 aliphatic carbocycles. The number of nitrogens with zero attached hydrogens (tertiary/aromatic N) is 1. The van der Waals surface area contributed by atoms with Gasteiger partial charge in [-0.25, -0.2) is 0 Å². The van der Waals surface area contributed by atoms with Crippen LogP contribution in [0.5, 0.6) is 5.75 Å². The van der Waals surface area contributed by atoms with E-state index in [1.165, 1.54) is 0 Å². The maximum absolute atomic E-state index is 9.57. The maximum Gasteiger partial charge on any atom is 0.141 e. The largest absolute Gasteiger partial charge is 0.506 e. The van der Waals surface area contributed by atoms with Gasteiger partial charge in [0.15, 0.2) is 0 Å². The molecule has 1 heterocycles. The van der Waals surface area contributed by atoms with E-state index in [4.69, 9.17) is 0 Å². The van der Waals surface area contributed by atoms with Crippen LogP contribution in [0.1, 0.15) is 6.92 Å². The number of halogens is 2. The van der Waals surface area contributed by atoms with Crippen LogP contribution in [-0.4, -0.2) is 16.6 Å². The topological polar surface area (TPSA) is 45.1 Å². The smallest absolute Gasteiger partial charge is 0.141 e. The fourth-order valence-electron chi connectivity index (χ4n) is 1.50. The van der Waals surface area contributed by atoms with Gasteiger partial charge in [0.1, 0.15) is 11.3 Å². The summed E-state index contributed by atoms with van der Waals surface area (Å²) in [7, 11) is 0. The van der Waals surface area contributed by atoms with Gasteiger partial charge in [-0.3, -0.25) is 4.98 Å². The first kappa shape index (κ1) is 14.8. The lowest BCUT2D eigenvalue weighted by Gasteiger charge is -2.07. The van der Waals surface area contributed by atoms with Crippen molar-refractivity contribution in [3.63, 3.8) is 0 Å². The highest BCUT2D eigenvalue weighted by molar-refractivity contribution is 5.94. The Morgan fingerprint density at radius 1 is 1.25 bits per heavy atom. The molecule has 0 spiro atoms. The van der Waals surface area contributed by atoms with E-state index >= 15 is 0 Å². The molecule has 0 unspecified atom stereocenters. The van der Waals surface area contributed by atoms with Gasteiger partial charge in [-0.15, -0.1) is 24.8 Å². The molecule has 0 aliphatic rings. The monoisotopic (exact) mass is 260 g/mol. The van der Waals surface area contributed by atoms with E-state index in [0.717, 1.165) is 17.6 Å². The van der Waals surface area contributed by atoms with E-state index < -0.39 is 0 Å². The molecule has 0 amide bonds. The van der Waals surface area contributed by atoms with Gasteiger partial charge in [0.25, 0.3) is 0 Å². The van der Waals surface area contributed by atoms with E-state index in [1.807, 2.05) is 25.1 Å². The van der Waals surface area contributed by atoms with Crippen molar-refractivity contribution < 1.29 is 5.11 Å². The molecule has 0 radical (unpaired) electrons. The summed E-state index contributed by atoms with van der Waals surface area (Å²) >= 11 is 0. The van der Waals surface area contributed by atoms with Crippen LogP contribution < -0.4 is 5.32 Å². The number of fused-ring (bicyclic) bond motifs is 1.